The van der Waals surface area contributed by atoms with Crippen LogP contribution in [-0.4, -0.2) is 68.3 Å². The van der Waals surface area contributed by atoms with Crippen LogP contribution in [0.3, 0.4) is 0 Å². The minimum Gasteiger partial charge on any atom is -0.365 e. The Labute approximate surface area is 212 Å². The molecule has 0 saturated carbocycles. The van der Waals surface area contributed by atoms with Crippen molar-refractivity contribution in [1.29, 1.82) is 0 Å². The van der Waals surface area contributed by atoms with Crippen molar-refractivity contribution in [2.75, 3.05) is 36.8 Å². The van der Waals surface area contributed by atoms with Crippen LogP contribution in [0.15, 0.2) is 53.4 Å². The summed E-state index contributed by atoms with van der Waals surface area (Å²) in [6.07, 6.45) is 0. The number of hydroxylamine groups is 1. The summed E-state index contributed by atoms with van der Waals surface area (Å²) in [6, 6.07) is 13.8. The summed E-state index contributed by atoms with van der Waals surface area (Å²) in [7, 11) is -3.27. The first kappa shape index (κ1) is 26.1. The van der Waals surface area contributed by atoms with Gasteiger partial charge in [0, 0.05) is 38.3 Å². The van der Waals surface area contributed by atoms with Gasteiger partial charge in [-0.05, 0) is 35.2 Å². The molecule has 2 aliphatic rings. The second-order valence-electron chi connectivity index (χ2n) is 10.8. The second kappa shape index (κ2) is 10.2. The van der Waals surface area contributed by atoms with Crippen molar-refractivity contribution in [2.45, 2.75) is 38.3 Å². The maximum Gasteiger partial charge on any atom is 0.251 e. The SMILES string of the molecule is CC(C)(C)CN1C[C@H](C(=O)NO)[C@H](NC(=O)c2ccc(CN3CCS(=O)(=O)c4ccccc43)cc2)C1. The molecule has 2 amide bonds. The highest BCUT2D eigenvalue weighted by Gasteiger charge is 2.39. The normalized spacial score (nSPS) is 21.6. The molecular weight excluding hydrogens is 480 g/mol. The third-order valence-electron chi connectivity index (χ3n) is 6.62. The highest BCUT2D eigenvalue weighted by molar-refractivity contribution is 7.91. The number of carbonyl (C=O) groups excluding carboxylic acids is 2. The van der Waals surface area contributed by atoms with Crippen LogP contribution in [0.4, 0.5) is 5.69 Å². The number of nitrogens with zero attached hydrogens (tertiary/aromatic N) is 2. The second-order valence-corrected chi connectivity index (χ2v) is 12.9. The van der Waals surface area contributed by atoms with E-state index in [-0.39, 0.29) is 17.1 Å². The van der Waals surface area contributed by atoms with Crippen molar-refractivity contribution in [2.24, 2.45) is 11.3 Å². The van der Waals surface area contributed by atoms with Gasteiger partial charge in [0.25, 0.3) is 5.91 Å². The molecule has 2 aromatic carbocycles. The van der Waals surface area contributed by atoms with Gasteiger partial charge < -0.3 is 10.2 Å². The van der Waals surface area contributed by atoms with Crippen molar-refractivity contribution in [3.05, 3.63) is 59.7 Å². The van der Waals surface area contributed by atoms with Gasteiger partial charge in [0.05, 0.1) is 28.3 Å². The van der Waals surface area contributed by atoms with Gasteiger partial charge in [0.15, 0.2) is 9.84 Å². The van der Waals surface area contributed by atoms with Crippen LogP contribution in [0, 0.1) is 11.3 Å². The fraction of sp³-hybridized carbons (Fsp3) is 0.462. The largest absolute Gasteiger partial charge is 0.365 e. The fourth-order valence-corrected chi connectivity index (χ4v) is 6.50. The van der Waals surface area contributed by atoms with Crippen molar-refractivity contribution in [3.63, 3.8) is 0 Å². The van der Waals surface area contributed by atoms with Crippen LogP contribution in [0.1, 0.15) is 36.7 Å². The average Bonchev–Trinajstić information content (AvgIpc) is 3.21. The number of hydrogen-bond donors (Lipinski definition) is 3. The summed E-state index contributed by atoms with van der Waals surface area (Å²) >= 11 is 0. The number of hydrogen-bond acceptors (Lipinski definition) is 7. The van der Waals surface area contributed by atoms with Crippen LogP contribution < -0.4 is 15.7 Å². The molecule has 4 rings (SSSR count). The number of amides is 2. The van der Waals surface area contributed by atoms with Crippen LogP contribution in [0.5, 0.6) is 0 Å². The lowest BCUT2D eigenvalue weighted by molar-refractivity contribution is -0.133. The summed E-state index contributed by atoms with van der Waals surface area (Å²) in [5, 5.41) is 12.1. The van der Waals surface area contributed by atoms with E-state index in [1.165, 1.54) is 0 Å². The highest BCUT2D eigenvalue weighted by Crippen LogP contribution is 2.31. The molecule has 0 aromatic heterocycles. The Hall–Kier alpha value is -2.95. The number of benzene rings is 2. The maximum atomic E-state index is 13.0. The molecule has 0 unspecified atom stereocenters. The quantitative estimate of drug-likeness (QED) is 0.399. The molecule has 0 radical (unpaired) electrons. The maximum absolute atomic E-state index is 13.0. The summed E-state index contributed by atoms with van der Waals surface area (Å²) in [6.45, 7) is 9.02. The van der Waals surface area contributed by atoms with E-state index < -0.39 is 27.7 Å². The van der Waals surface area contributed by atoms with Gasteiger partial charge in [-0.15, -0.1) is 0 Å². The molecular formula is C26H34N4O5S. The van der Waals surface area contributed by atoms with Gasteiger partial charge in [-0.2, -0.15) is 0 Å². The molecule has 2 aliphatic heterocycles. The molecule has 0 spiro atoms. The summed E-state index contributed by atoms with van der Waals surface area (Å²) in [4.78, 5) is 29.7. The zero-order valence-electron chi connectivity index (χ0n) is 20.9. The number of anilines is 1. The van der Waals surface area contributed by atoms with Gasteiger partial charge in [0.2, 0.25) is 5.91 Å². The van der Waals surface area contributed by atoms with Crippen molar-refractivity contribution < 1.29 is 23.2 Å². The number of nitrogens with one attached hydrogen (secondary N) is 2. The van der Waals surface area contributed by atoms with Gasteiger partial charge in [0.1, 0.15) is 0 Å². The van der Waals surface area contributed by atoms with Gasteiger partial charge >= 0.3 is 0 Å². The first-order valence-electron chi connectivity index (χ1n) is 12.1. The molecule has 36 heavy (non-hydrogen) atoms. The van der Waals surface area contributed by atoms with E-state index in [1.807, 2.05) is 29.2 Å². The van der Waals surface area contributed by atoms with E-state index in [9.17, 15) is 18.0 Å². The Balaban J connectivity index is 1.43. The topological polar surface area (TPSA) is 119 Å². The van der Waals surface area contributed by atoms with Crippen LogP contribution in [0.2, 0.25) is 0 Å². The number of likely N-dealkylation sites (tertiary alicyclic amines) is 1. The van der Waals surface area contributed by atoms with E-state index in [0.29, 0.717) is 42.3 Å². The Bertz CT molecular complexity index is 1220. The van der Waals surface area contributed by atoms with Crippen molar-refractivity contribution >= 4 is 27.3 Å². The number of fused-ring (bicyclic) bond motifs is 1. The fourth-order valence-electron chi connectivity index (χ4n) is 5.02. The minimum atomic E-state index is -3.27. The zero-order valence-corrected chi connectivity index (χ0v) is 21.7. The molecule has 1 fully saturated rings. The van der Waals surface area contributed by atoms with E-state index in [2.05, 4.69) is 31.0 Å². The summed E-state index contributed by atoms with van der Waals surface area (Å²) in [5.74, 6) is -1.26. The van der Waals surface area contributed by atoms with Crippen LogP contribution in [-0.2, 0) is 21.2 Å². The zero-order chi connectivity index (χ0) is 26.1. The lowest BCUT2D eigenvalue weighted by Gasteiger charge is -2.31. The average molecular weight is 515 g/mol. The number of sulfone groups is 1. The Kier molecular flexibility index (Phi) is 7.40. The lowest BCUT2D eigenvalue weighted by Crippen LogP contribution is -2.45. The molecule has 1 saturated heterocycles. The monoisotopic (exact) mass is 514 g/mol. The number of para-hydroxylation sites is 1. The lowest BCUT2D eigenvalue weighted by atomic mass is 9.96. The smallest absolute Gasteiger partial charge is 0.251 e. The Morgan fingerprint density at radius 1 is 1.06 bits per heavy atom. The molecule has 0 bridgehead atoms. The Morgan fingerprint density at radius 3 is 2.42 bits per heavy atom. The first-order valence-corrected chi connectivity index (χ1v) is 13.7. The van der Waals surface area contributed by atoms with Gasteiger partial charge in [-0.3, -0.25) is 19.7 Å². The molecule has 0 aliphatic carbocycles. The summed E-state index contributed by atoms with van der Waals surface area (Å²) < 4.78 is 24.8. The van der Waals surface area contributed by atoms with Gasteiger partial charge in [-0.1, -0.05) is 45.0 Å². The first-order chi connectivity index (χ1) is 17.0. The van der Waals surface area contributed by atoms with Crippen LogP contribution >= 0.6 is 0 Å². The minimum absolute atomic E-state index is 0.0357. The molecule has 9 nitrogen and oxygen atoms in total. The number of rotatable bonds is 6. The molecule has 2 heterocycles. The predicted octanol–water partition coefficient (Wildman–Crippen LogP) is 2.06. The standard InChI is InChI=1S/C26H34N4O5S/c1-26(2,3)17-29-15-20(25(32)28-33)21(16-29)27-24(31)19-10-8-18(9-11-19)14-30-12-13-36(34,35)23-7-5-4-6-22(23)30/h4-11,20-21,33H,12-17H2,1-3H3,(H,27,31)(H,28,32)/t20-,21+/m0/s1. The third kappa shape index (κ3) is 5.88. The number of carbonyl (C=O) groups is 2. The molecule has 10 heteroatoms. The van der Waals surface area contributed by atoms with E-state index >= 15 is 0 Å². The molecule has 194 valence electrons. The summed E-state index contributed by atoms with van der Waals surface area (Å²) in [5.41, 5.74) is 3.89. The van der Waals surface area contributed by atoms with E-state index in [0.717, 1.165) is 12.1 Å². The molecule has 2 aromatic rings. The van der Waals surface area contributed by atoms with E-state index in [4.69, 9.17) is 5.21 Å². The van der Waals surface area contributed by atoms with Crippen molar-refractivity contribution in [3.8, 4) is 0 Å². The highest BCUT2D eigenvalue weighted by atomic mass is 32.2. The third-order valence-corrected chi connectivity index (χ3v) is 8.35. The van der Waals surface area contributed by atoms with E-state index in [1.54, 1.807) is 29.7 Å². The van der Waals surface area contributed by atoms with Crippen molar-refractivity contribution in [1.82, 2.24) is 15.7 Å². The molecule has 2 atom stereocenters. The van der Waals surface area contributed by atoms with Gasteiger partial charge in [-0.25, -0.2) is 13.9 Å². The van der Waals surface area contributed by atoms with Crippen LogP contribution in [0.25, 0.3) is 0 Å². The molecule has 3 N–H and O–H groups in total. The Morgan fingerprint density at radius 2 is 1.75 bits per heavy atom. The predicted molar refractivity (Wildman–Crippen MR) is 137 cm³/mol.